The number of hydrogen-bond acceptors (Lipinski definition) is 3. The van der Waals surface area contributed by atoms with Gasteiger partial charge in [-0.05, 0) is 30.3 Å². The monoisotopic (exact) mass is 432 g/mol. The molecule has 0 aliphatic rings. The van der Waals surface area contributed by atoms with E-state index < -0.39 is 29.8 Å². The van der Waals surface area contributed by atoms with Crippen LogP contribution in [0.25, 0.3) is 16.9 Å². The number of amides is 1. The Morgan fingerprint density at radius 1 is 1.00 bits per heavy atom. The van der Waals surface area contributed by atoms with Crippen molar-refractivity contribution < 1.29 is 26.7 Å². The Hall–Kier alpha value is -3.82. The molecule has 0 radical (unpaired) electrons. The molecule has 0 unspecified atom stereocenters. The van der Waals surface area contributed by atoms with Gasteiger partial charge in [0.05, 0.1) is 17.5 Å². The van der Waals surface area contributed by atoms with Crippen molar-refractivity contribution in [2.24, 2.45) is 0 Å². The molecule has 0 spiro atoms. The Labute approximate surface area is 172 Å². The van der Waals surface area contributed by atoms with Crippen molar-refractivity contribution in [3.8, 4) is 11.3 Å². The third-order valence-electron chi connectivity index (χ3n) is 4.51. The highest BCUT2D eigenvalue weighted by atomic mass is 19.4. The lowest BCUT2D eigenvalue weighted by molar-refractivity contribution is -0.137. The van der Waals surface area contributed by atoms with Gasteiger partial charge in [-0.15, -0.1) is 0 Å². The standard InChI is InChI=1S/C21H13F5N4O/c22-18(23)17-10-16(12-4-2-1-3-5-12)29-19-15(11-27-30(17)19)20(31)28-14-8-6-13(7-9-14)21(24,25)26/h1-11,18H,(H,28,31). The third-order valence-corrected chi connectivity index (χ3v) is 4.51. The molecular formula is C21H13F5N4O. The first-order valence-electron chi connectivity index (χ1n) is 8.95. The lowest BCUT2D eigenvalue weighted by atomic mass is 10.1. The second kappa shape index (κ2) is 7.78. The largest absolute Gasteiger partial charge is 0.416 e. The molecule has 4 rings (SSSR count). The first kappa shape index (κ1) is 20.5. The van der Waals surface area contributed by atoms with Gasteiger partial charge < -0.3 is 5.32 Å². The lowest BCUT2D eigenvalue weighted by Crippen LogP contribution is -2.13. The van der Waals surface area contributed by atoms with E-state index in [1.165, 1.54) is 6.07 Å². The Morgan fingerprint density at radius 3 is 2.29 bits per heavy atom. The van der Waals surface area contributed by atoms with E-state index in [0.717, 1.165) is 35.0 Å². The fourth-order valence-electron chi connectivity index (χ4n) is 3.00. The summed E-state index contributed by atoms with van der Waals surface area (Å²) in [5, 5.41) is 6.28. The van der Waals surface area contributed by atoms with Gasteiger partial charge in [-0.2, -0.15) is 18.3 Å². The molecule has 4 aromatic rings. The van der Waals surface area contributed by atoms with Gasteiger partial charge in [0.15, 0.2) is 5.65 Å². The third kappa shape index (κ3) is 4.09. The van der Waals surface area contributed by atoms with E-state index in [2.05, 4.69) is 15.4 Å². The maximum atomic E-state index is 13.6. The molecule has 0 saturated carbocycles. The van der Waals surface area contributed by atoms with Gasteiger partial charge in [-0.25, -0.2) is 18.3 Å². The number of benzene rings is 2. The van der Waals surface area contributed by atoms with E-state index in [9.17, 15) is 26.7 Å². The normalized spacial score (nSPS) is 11.8. The fraction of sp³-hybridized carbons (Fsp3) is 0.0952. The second-order valence-corrected chi connectivity index (χ2v) is 6.56. The lowest BCUT2D eigenvalue weighted by Gasteiger charge is -2.10. The van der Waals surface area contributed by atoms with Gasteiger partial charge in [0, 0.05) is 11.3 Å². The predicted octanol–water partition coefficient (Wildman–Crippen LogP) is 5.61. The minimum Gasteiger partial charge on any atom is -0.322 e. The highest BCUT2D eigenvalue weighted by molar-refractivity contribution is 6.08. The quantitative estimate of drug-likeness (QED) is 0.427. The molecule has 158 valence electrons. The number of alkyl halides is 5. The van der Waals surface area contributed by atoms with E-state index in [-0.39, 0.29) is 22.6 Å². The van der Waals surface area contributed by atoms with Crippen LogP contribution < -0.4 is 5.32 Å². The molecule has 5 nitrogen and oxygen atoms in total. The number of fused-ring (bicyclic) bond motifs is 1. The minimum absolute atomic E-state index is 0.0962. The zero-order valence-electron chi connectivity index (χ0n) is 15.6. The van der Waals surface area contributed by atoms with Gasteiger partial charge in [0.1, 0.15) is 11.3 Å². The van der Waals surface area contributed by atoms with Crippen molar-refractivity contribution in [1.29, 1.82) is 0 Å². The van der Waals surface area contributed by atoms with Crippen LogP contribution in [0.3, 0.4) is 0 Å². The molecule has 0 fully saturated rings. The fourth-order valence-corrected chi connectivity index (χ4v) is 3.00. The number of nitrogens with one attached hydrogen (secondary N) is 1. The highest BCUT2D eigenvalue weighted by Crippen LogP contribution is 2.30. The number of hydrogen-bond donors (Lipinski definition) is 1. The van der Waals surface area contributed by atoms with E-state index >= 15 is 0 Å². The van der Waals surface area contributed by atoms with Crippen LogP contribution in [0.15, 0.2) is 66.9 Å². The Morgan fingerprint density at radius 2 is 1.68 bits per heavy atom. The number of rotatable bonds is 4. The molecule has 2 heterocycles. The van der Waals surface area contributed by atoms with Crippen molar-refractivity contribution in [3.63, 3.8) is 0 Å². The maximum Gasteiger partial charge on any atom is 0.416 e. The summed E-state index contributed by atoms with van der Waals surface area (Å²) in [6, 6.07) is 13.6. The second-order valence-electron chi connectivity index (χ2n) is 6.56. The predicted molar refractivity (Wildman–Crippen MR) is 103 cm³/mol. The van der Waals surface area contributed by atoms with Gasteiger partial charge in [0.25, 0.3) is 12.3 Å². The first-order valence-corrected chi connectivity index (χ1v) is 8.95. The van der Waals surface area contributed by atoms with Gasteiger partial charge in [0.2, 0.25) is 0 Å². The van der Waals surface area contributed by atoms with Crippen LogP contribution in [0.2, 0.25) is 0 Å². The molecule has 2 aromatic carbocycles. The summed E-state index contributed by atoms with van der Waals surface area (Å²) in [7, 11) is 0. The Kier molecular flexibility index (Phi) is 5.14. The summed E-state index contributed by atoms with van der Waals surface area (Å²) in [4.78, 5) is 17.0. The minimum atomic E-state index is -4.51. The topological polar surface area (TPSA) is 59.3 Å². The summed E-state index contributed by atoms with van der Waals surface area (Å²) < 4.78 is 66.2. The van der Waals surface area contributed by atoms with Crippen molar-refractivity contribution in [2.45, 2.75) is 12.6 Å². The summed E-state index contributed by atoms with van der Waals surface area (Å²) in [5.74, 6) is -0.743. The van der Waals surface area contributed by atoms with E-state index in [0.29, 0.717) is 5.56 Å². The number of aromatic nitrogens is 3. The number of nitrogens with zero attached hydrogens (tertiary/aromatic N) is 3. The molecular weight excluding hydrogens is 419 g/mol. The SMILES string of the molecule is O=C(Nc1ccc(C(F)(F)F)cc1)c1cnn2c(C(F)F)cc(-c3ccccc3)nc12. The Balaban J connectivity index is 1.72. The molecule has 10 heteroatoms. The van der Waals surface area contributed by atoms with E-state index in [4.69, 9.17) is 0 Å². The van der Waals surface area contributed by atoms with Crippen molar-refractivity contribution >= 4 is 17.2 Å². The van der Waals surface area contributed by atoms with Crippen LogP contribution in [0.5, 0.6) is 0 Å². The van der Waals surface area contributed by atoms with Gasteiger partial charge in [-0.1, -0.05) is 30.3 Å². The molecule has 0 atom stereocenters. The van der Waals surface area contributed by atoms with Crippen molar-refractivity contribution in [1.82, 2.24) is 14.6 Å². The number of carbonyl (C=O) groups excluding carboxylic acids is 1. The Bertz CT molecular complexity index is 1230. The molecule has 31 heavy (non-hydrogen) atoms. The van der Waals surface area contributed by atoms with Crippen LogP contribution in [0.4, 0.5) is 27.6 Å². The van der Waals surface area contributed by atoms with E-state index in [1.54, 1.807) is 30.3 Å². The molecule has 2 aromatic heterocycles. The summed E-state index contributed by atoms with van der Waals surface area (Å²) in [6.45, 7) is 0. The zero-order chi connectivity index (χ0) is 22.2. The van der Waals surface area contributed by atoms with Gasteiger partial charge >= 0.3 is 6.18 Å². The van der Waals surface area contributed by atoms with Crippen molar-refractivity contribution in [2.75, 3.05) is 5.32 Å². The van der Waals surface area contributed by atoms with Crippen LogP contribution >= 0.6 is 0 Å². The number of halogens is 5. The molecule has 1 amide bonds. The number of carbonyl (C=O) groups is 1. The van der Waals surface area contributed by atoms with Crippen LogP contribution in [0, 0.1) is 0 Å². The molecule has 0 aliphatic heterocycles. The smallest absolute Gasteiger partial charge is 0.322 e. The van der Waals surface area contributed by atoms with Gasteiger partial charge in [-0.3, -0.25) is 4.79 Å². The summed E-state index contributed by atoms with van der Waals surface area (Å²) >= 11 is 0. The number of anilines is 1. The highest BCUT2D eigenvalue weighted by Gasteiger charge is 2.30. The van der Waals surface area contributed by atoms with Crippen LogP contribution in [-0.2, 0) is 6.18 Å². The molecule has 0 aliphatic carbocycles. The molecule has 1 N–H and O–H groups in total. The summed E-state index contributed by atoms with van der Waals surface area (Å²) in [6.07, 6.45) is -6.30. The maximum absolute atomic E-state index is 13.6. The first-order chi connectivity index (χ1) is 14.7. The van der Waals surface area contributed by atoms with Crippen molar-refractivity contribution in [3.05, 3.63) is 83.7 Å². The van der Waals surface area contributed by atoms with Crippen LogP contribution in [-0.4, -0.2) is 20.5 Å². The average Bonchev–Trinajstić information content (AvgIpc) is 3.17. The van der Waals surface area contributed by atoms with E-state index in [1.807, 2.05) is 0 Å². The summed E-state index contributed by atoms with van der Waals surface area (Å²) in [5.41, 5.74) is -0.601. The average molecular weight is 432 g/mol. The van der Waals surface area contributed by atoms with Crippen LogP contribution in [0.1, 0.15) is 28.0 Å². The zero-order valence-corrected chi connectivity index (χ0v) is 15.6. The molecule has 0 bridgehead atoms. The molecule has 0 saturated heterocycles.